The van der Waals surface area contributed by atoms with Gasteiger partial charge in [-0.2, -0.15) is 0 Å². The van der Waals surface area contributed by atoms with Gasteiger partial charge in [0.15, 0.2) is 5.96 Å². The number of hydrogen-bond acceptors (Lipinski definition) is 3. The van der Waals surface area contributed by atoms with E-state index in [0.717, 1.165) is 42.6 Å². The molecule has 1 aromatic carbocycles. The molecule has 3 aliphatic rings. The molecular weight excluding hydrogens is 386 g/mol. The first-order valence-corrected chi connectivity index (χ1v) is 12.3. The summed E-state index contributed by atoms with van der Waals surface area (Å²) < 4.78 is 0. The lowest BCUT2D eigenvalue weighted by molar-refractivity contribution is -0.120. The van der Waals surface area contributed by atoms with Crippen molar-refractivity contribution in [3.05, 3.63) is 29.8 Å². The molecule has 4 rings (SSSR count). The number of likely N-dealkylation sites (tertiary alicyclic amines) is 1. The van der Waals surface area contributed by atoms with Crippen molar-refractivity contribution in [2.75, 3.05) is 25.5 Å². The highest BCUT2D eigenvalue weighted by molar-refractivity contribution is 5.92. The van der Waals surface area contributed by atoms with E-state index in [0.29, 0.717) is 12.6 Å². The minimum atomic E-state index is 0.175. The van der Waals surface area contributed by atoms with E-state index < -0.39 is 0 Å². The van der Waals surface area contributed by atoms with Crippen LogP contribution in [0.1, 0.15) is 69.8 Å². The highest BCUT2D eigenvalue weighted by Gasteiger charge is 2.30. The Balaban J connectivity index is 1.24. The third-order valence-corrected chi connectivity index (χ3v) is 7.26. The van der Waals surface area contributed by atoms with Crippen LogP contribution in [0.15, 0.2) is 29.3 Å². The average molecular weight is 426 g/mol. The Labute approximate surface area is 187 Å². The summed E-state index contributed by atoms with van der Waals surface area (Å²) in [5.74, 6) is 1.21. The molecule has 31 heavy (non-hydrogen) atoms. The number of nitrogens with one attached hydrogen (secondary N) is 3. The fourth-order valence-corrected chi connectivity index (χ4v) is 5.45. The van der Waals surface area contributed by atoms with Gasteiger partial charge in [-0.15, -0.1) is 0 Å². The Bertz CT molecular complexity index is 752. The highest BCUT2D eigenvalue weighted by Crippen LogP contribution is 2.27. The van der Waals surface area contributed by atoms with E-state index in [1.165, 1.54) is 57.9 Å². The van der Waals surface area contributed by atoms with Gasteiger partial charge in [-0.1, -0.05) is 44.2 Å². The smallest absolute Gasteiger partial charge is 0.227 e. The summed E-state index contributed by atoms with van der Waals surface area (Å²) in [6.07, 6.45) is 12.4. The van der Waals surface area contributed by atoms with E-state index in [1.807, 2.05) is 19.2 Å². The van der Waals surface area contributed by atoms with Crippen molar-refractivity contribution in [1.29, 1.82) is 0 Å². The van der Waals surface area contributed by atoms with Gasteiger partial charge in [0.1, 0.15) is 0 Å². The van der Waals surface area contributed by atoms with E-state index >= 15 is 0 Å². The van der Waals surface area contributed by atoms with Gasteiger partial charge >= 0.3 is 0 Å². The second-order valence-corrected chi connectivity index (χ2v) is 9.51. The number of anilines is 1. The molecule has 0 aromatic heterocycles. The molecular formula is C25H39N5O. The van der Waals surface area contributed by atoms with E-state index in [2.05, 4.69) is 38.0 Å². The van der Waals surface area contributed by atoms with Gasteiger partial charge in [0.2, 0.25) is 5.91 Å². The lowest BCUT2D eigenvalue weighted by atomic mass is 9.88. The van der Waals surface area contributed by atoms with Crippen LogP contribution in [0.5, 0.6) is 0 Å². The topological polar surface area (TPSA) is 68.8 Å². The lowest BCUT2D eigenvalue weighted by Crippen LogP contribution is -2.45. The minimum Gasteiger partial charge on any atom is -0.352 e. The fourth-order valence-electron chi connectivity index (χ4n) is 5.45. The molecule has 3 fully saturated rings. The maximum absolute atomic E-state index is 12.5. The molecule has 1 unspecified atom stereocenters. The molecule has 2 aliphatic carbocycles. The van der Waals surface area contributed by atoms with Gasteiger partial charge in [0, 0.05) is 50.4 Å². The van der Waals surface area contributed by atoms with Crippen molar-refractivity contribution in [3.63, 3.8) is 0 Å². The molecule has 1 heterocycles. The number of aliphatic imine (C=N–C) groups is 1. The van der Waals surface area contributed by atoms with Crippen molar-refractivity contribution < 1.29 is 4.79 Å². The first-order valence-electron chi connectivity index (χ1n) is 12.3. The Morgan fingerprint density at radius 2 is 1.84 bits per heavy atom. The summed E-state index contributed by atoms with van der Waals surface area (Å²) in [5, 5.41) is 10.2. The third-order valence-electron chi connectivity index (χ3n) is 7.26. The Kier molecular flexibility index (Phi) is 7.84. The number of rotatable bonds is 6. The van der Waals surface area contributed by atoms with Crippen LogP contribution < -0.4 is 16.0 Å². The van der Waals surface area contributed by atoms with Crippen molar-refractivity contribution in [2.24, 2.45) is 10.9 Å². The first kappa shape index (κ1) is 22.1. The summed E-state index contributed by atoms with van der Waals surface area (Å²) in [5.41, 5.74) is 2.03. The number of carbonyl (C=O) groups is 1. The second kappa shape index (κ2) is 11.0. The molecule has 1 atom stereocenters. The molecule has 0 radical (unpaired) electrons. The van der Waals surface area contributed by atoms with Crippen LogP contribution in [-0.4, -0.2) is 49.0 Å². The Morgan fingerprint density at radius 3 is 2.61 bits per heavy atom. The maximum atomic E-state index is 12.5. The summed E-state index contributed by atoms with van der Waals surface area (Å²) in [7, 11) is 1.83. The third kappa shape index (κ3) is 6.22. The van der Waals surface area contributed by atoms with Crippen molar-refractivity contribution in [3.8, 4) is 0 Å². The van der Waals surface area contributed by atoms with Crippen LogP contribution in [-0.2, 0) is 11.3 Å². The summed E-state index contributed by atoms with van der Waals surface area (Å²) in [6, 6.07) is 9.42. The molecule has 1 amide bonds. The molecule has 0 bridgehead atoms. The Hall–Kier alpha value is -2.08. The standard InChI is InChI=1S/C25H39N5O/c1-26-25(29-22-14-15-30(18-22)23-12-5-6-13-23)27-17-19-8-7-11-21(16-19)28-24(31)20-9-3-2-4-10-20/h7-8,11,16,20,22-23H,2-6,9-10,12-15,17-18H2,1H3,(H,28,31)(H2,26,27,29). The van der Waals surface area contributed by atoms with E-state index in [1.54, 1.807) is 0 Å². The van der Waals surface area contributed by atoms with Crippen molar-refractivity contribution >= 4 is 17.6 Å². The van der Waals surface area contributed by atoms with Crippen molar-refractivity contribution in [1.82, 2.24) is 15.5 Å². The molecule has 0 spiro atoms. The number of benzene rings is 1. The predicted molar refractivity (Wildman–Crippen MR) is 127 cm³/mol. The molecule has 1 aliphatic heterocycles. The summed E-state index contributed by atoms with van der Waals surface area (Å²) in [4.78, 5) is 19.6. The van der Waals surface area contributed by atoms with Crippen molar-refractivity contribution in [2.45, 2.75) is 82.8 Å². The molecule has 3 N–H and O–H groups in total. The zero-order chi connectivity index (χ0) is 21.5. The largest absolute Gasteiger partial charge is 0.352 e. The van der Waals surface area contributed by atoms with Gasteiger partial charge in [0.05, 0.1) is 0 Å². The number of nitrogens with zero attached hydrogens (tertiary/aromatic N) is 2. The molecule has 1 saturated heterocycles. The van der Waals surface area contributed by atoms with E-state index in [4.69, 9.17) is 0 Å². The summed E-state index contributed by atoms with van der Waals surface area (Å²) in [6.45, 7) is 3.00. The Morgan fingerprint density at radius 1 is 1.06 bits per heavy atom. The lowest BCUT2D eigenvalue weighted by Gasteiger charge is -2.24. The average Bonchev–Trinajstić information content (AvgIpc) is 3.49. The molecule has 6 heteroatoms. The van der Waals surface area contributed by atoms with Crippen LogP contribution in [0, 0.1) is 5.92 Å². The van der Waals surface area contributed by atoms with Gasteiger partial charge in [-0.3, -0.25) is 14.7 Å². The summed E-state index contributed by atoms with van der Waals surface area (Å²) >= 11 is 0. The normalized spacial score (nSPS) is 23.8. The molecule has 170 valence electrons. The molecule has 1 aromatic rings. The minimum absolute atomic E-state index is 0.175. The van der Waals surface area contributed by atoms with Crippen LogP contribution in [0.4, 0.5) is 5.69 Å². The predicted octanol–water partition coefficient (Wildman–Crippen LogP) is 3.89. The highest BCUT2D eigenvalue weighted by atomic mass is 16.1. The van der Waals surface area contributed by atoms with Gasteiger partial charge in [0.25, 0.3) is 0 Å². The number of guanidine groups is 1. The zero-order valence-corrected chi connectivity index (χ0v) is 19.0. The van der Waals surface area contributed by atoms with Gasteiger partial charge in [-0.25, -0.2) is 0 Å². The van der Waals surface area contributed by atoms with Crippen LogP contribution >= 0.6 is 0 Å². The van der Waals surface area contributed by atoms with Crippen LogP contribution in [0.3, 0.4) is 0 Å². The van der Waals surface area contributed by atoms with Crippen LogP contribution in [0.25, 0.3) is 0 Å². The number of hydrogen-bond donors (Lipinski definition) is 3. The second-order valence-electron chi connectivity index (χ2n) is 9.51. The number of carbonyl (C=O) groups excluding carboxylic acids is 1. The van der Waals surface area contributed by atoms with E-state index in [9.17, 15) is 4.79 Å². The zero-order valence-electron chi connectivity index (χ0n) is 19.0. The van der Waals surface area contributed by atoms with Crippen LogP contribution in [0.2, 0.25) is 0 Å². The SMILES string of the molecule is CN=C(NCc1cccc(NC(=O)C2CCCCC2)c1)NC1CCN(C2CCCC2)C1. The van der Waals surface area contributed by atoms with Gasteiger partial charge in [-0.05, 0) is 49.8 Å². The van der Waals surface area contributed by atoms with E-state index in [-0.39, 0.29) is 11.8 Å². The fraction of sp³-hybridized carbons (Fsp3) is 0.680. The maximum Gasteiger partial charge on any atom is 0.227 e. The quantitative estimate of drug-likeness (QED) is 0.478. The first-order chi connectivity index (χ1) is 15.2. The number of amides is 1. The molecule has 2 saturated carbocycles. The monoisotopic (exact) mass is 425 g/mol. The van der Waals surface area contributed by atoms with Gasteiger partial charge < -0.3 is 16.0 Å². The molecule has 6 nitrogen and oxygen atoms in total.